The third kappa shape index (κ3) is 4.06. The van der Waals surface area contributed by atoms with Crippen molar-refractivity contribution in [2.75, 3.05) is 18.1 Å². The van der Waals surface area contributed by atoms with Gasteiger partial charge in [-0.3, -0.25) is 14.2 Å². The van der Waals surface area contributed by atoms with Gasteiger partial charge < -0.3 is 5.32 Å². The molecule has 1 aromatic heterocycles. The molecule has 0 saturated heterocycles. The first-order valence-electron chi connectivity index (χ1n) is 7.77. The van der Waals surface area contributed by atoms with Crippen LogP contribution in [0, 0.1) is 11.3 Å². The molecule has 3 rings (SSSR count). The number of nitriles is 1. The van der Waals surface area contributed by atoms with Crippen LogP contribution in [0.1, 0.15) is 21.5 Å². The van der Waals surface area contributed by atoms with E-state index in [4.69, 9.17) is 5.26 Å². The molecule has 2 heterocycles. The first kappa shape index (κ1) is 17.6. The molecule has 128 valence electrons. The third-order valence-electron chi connectivity index (χ3n) is 3.73. The molecule has 0 atom stereocenters. The number of hydrogen-bond donors (Lipinski definition) is 1. The van der Waals surface area contributed by atoms with Gasteiger partial charge in [-0.2, -0.15) is 17.0 Å². The lowest BCUT2D eigenvalue weighted by molar-refractivity contribution is 0.0953. The van der Waals surface area contributed by atoms with E-state index in [2.05, 4.69) is 16.4 Å². The summed E-state index contributed by atoms with van der Waals surface area (Å²) in [6.07, 6.45) is 1.36. The van der Waals surface area contributed by atoms with Crippen molar-refractivity contribution in [2.24, 2.45) is 0 Å². The number of fused-ring (bicyclic) bond motifs is 1. The minimum atomic E-state index is -0.386. The summed E-state index contributed by atoms with van der Waals surface area (Å²) in [5.74, 6) is 1.83. The average Bonchev–Trinajstić information content (AvgIpc) is 3.11. The topological polar surface area (TPSA) is 87.8 Å². The van der Waals surface area contributed by atoms with Crippen LogP contribution >= 0.6 is 23.5 Å². The molecule has 1 aliphatic heterocycles. The molecular weight excluding hydrogens is 356 g/mol. The molecule has 1 aliphatic rings. The zero-order valence-electron chi connectivity index (χ0n) is 13.4. The lowest BCUT2D eigenvalue weighted by Gasteiger charge is -2.07. The second-order valence-electron chi connectivity index (χ2n) is 5.34. The molecule has 0 spiro atoms. The highest BCUT2D eigenvalue weighted by molar-refractivity contribution is 7.99. The Morgan fingerprint density at radius 2 is 2.28 bits per heavy atom. The van der Waals surface area contributed by atoms with Crippen LogP contribution in [0.3, 0.4) is 0 Å². The van der Waals surface area contributed by atoms with Gasteiger partial charge in [0.1, 0.15) is 5.56 Å². The minimum absolute atomic E-state index is 0.0890. The van der Waals surface area contributed by atoms with Gasteiger partial charge in [-0.05, 0) is 11.6 Å². The maximum Gasteiger partial charge on any atom is 0.267 e. The van der Waals surface area contributed by atoms with Crippen molar-refractivity contribution < 1.29 is 4.79 Å². The van der Waals surface area contributed by atoms with E-state index in [1.807, 2.05) is 18.2 Å². The molecule has 6 nitrogen and oxygen atoms in total. The normalized spacial score (nSPS) is 12.4. The number of thioether (sulfide) groups is 2. The summed E-state index contributed by atoms with van der Waals surface area (Å²) in [6, 6.07) is 9.65. The second kappa shape index (κ2) is 8.23. The summed E-state index contributed by atoms with van der Waals surface area (Å²) in [6.45, 7) is 1.05. The van der Waals surface area contributed by atoms with Gasteiger partial charge in [0, 0.05) is 36.5 Å². The molecule has 2 aromatic rings. The predicted molar refractivity (Wildman–Crippen MR) is 98.9 cm³/mol. The largest absolute Gasteiger partial charge is 0.351 e. The van der Waals surface area contributed by atoms with Crippen molar-refractivity contribution in [2.45, 2.75) is 17.5 Å². The molecule has 0 aliphatic carbocycles. The van der Waals surface area contributed by atoms with Gasteiger partial charge in [0.25, 0.3) is 11.5 Å². The number of carbonyl (C=O) groups excluding carboxylic acids is 1. The van der Waals surface area contributed by atoms with E-state index in [-0.39, 0.29) is 17.0 Å². The molecule has 1 N–H and O–H groups in total. The summed E-state index contributed by atoms with van der Waals surface area (Å²) in [7, 11) is 0. The van der Waals surface area contributed by atoms with E-state index in [9.17, 15) is 9.59 Å². The summed E-state index contributed by atoms with van der Waals surface area (Å²) in [5, 5.41) is 12.5. The number of hydrogen-bond acceptors (Lipinski definition) is 6. The van der Waals surface area contributed by atoms with E-state index in [1.54, 1.807) is 22.4 Å². The molecule has 25 heavy (non-hydrogen) atoms. The Bertz CT molecular complexity index is 889. The quantitative estimate of drug-likeness (QED) is 0.615. The number of amides is 1. The first-order valence-corrected chi connectivity index (χ1v) is 9.91. The van der Waals surface area contributed by atoms with Gasteiger partial charge in [-0.25, -0.2) is 4.98 Å². The van der Waals surface area contributed by atoms with Gasteiger partial charge in [-0.15, -0.1) is 0 Å². The predicted octanol–water partition coefficient (Wildman–Crippen LogP) is 1.88. The van der Waals surface area contributed by atoms with Crippen molar-refractivity contribution in [3.05, 3.63) is 57.5 Å². The Kier molecular flexibility index (Phi) is 5.79. The molecule has 0 unspecified atom stereocenters. The van der Waals surface area contributed by atoms with Crippen molar-refractivity contribution in [1.29, 1.82) is 5.26 Å². The lowest BCUT2D eigenvalue weighted by atomic mass is 10.1. The molecule has 0 radical (unpaired) electrons. The zero-order chi connectivity index (χ0) is 17.6. The monoisotopic (exact) mass is 372 g/mol. The van der Waals surface area contributed by atoms with Gasteiger partial charge in [0.2, 0.25) is 0 Å². The maximum atomic E-state index is 12.3. The number of aromatic nitrogens is 2. The fraction of sp³-hybridized carbons (Fsp3) is 0.294. The second-order valence-corrected chi connectivity index (χ2v) is 7.50. The Morgan fingerprint density at radius 3 is 3.12 bits per heavy atom. The molecule has 1 amide bonds. The van der Waals surface area contributed by atoms with Gasteiger partial charge >= 0.3 is 0 Å². The molecule has 0 saturated carbocycles. The number of rotatable bonds is 6. The third-order valence-corrected chi connectivity index (χ3v) is 5.71. The van der Waals surface area contributed by atoms with Crippen molar-refractivity contribution in [1.82, 2.24) is 14.9 Å². The Balaban J connectivity index is 1.49. The zero-order valence-corrected chi connectivity index (χ0v) is 15.0. The SMILES string of the molecule is N#Cc1ccccc1CSCCNC(=O)c1cnc2n(c1=O)CCS2. The van der Waals surface area contributed by atoms with Crippen molar-refractivity contribution >= 4 is 29.4 Å². The van der Waals surface area contributed by atoms with Gasteiger partial charge in [0.15, 0.2) is 5.16 Å². The lowest BCUT2D eigenvalue weighted by Crippen LogP contribution is -2.34. The molecule has 0 bridgehead atoms. The van der Waals surface area contributed by atoms with Crippen LogP contribution in [0.5, 0.6) is 0 Å². The van der Waals surface area contributed by atoms with Crippen LogP contribution < -0.4 is 10.9 Å². The van der Waals surface area contributed by atoms with Crippen LogP contribution in [-0.4, -0.2) is 33.5 Å². The fourth-order valence-corrected chi connectivity index (χ4v) is 4.22. The first-order chi connectivity index (χ1) is 12.2. The molecule has 8 heteroatoms. The Labute approximate surface area is 153 Å². The van der Waals surface area contributed by atoms with Gasteiger partial charge in [-0.1, -0.05) is 30.0 Å². The number of carbonyl (C=O) groups is 1. The van der Waals surface area contributed by atoms with E-state index >= 15 is 0 Å². The number of nitrogens with zero attached hydrogens (tertiary/aromatic N) is 3. The highest BCUT2D eigenvalue weighted by Crippen LogP contribution is 2.20. The molecule has 1 aromatic carbocycles. The maximum absolute atomic E-state index is 12.3. The Hall–Kier alpha value is -2.24. The van der Waals surface area contributed by atoms with Gasteiger partial charge in [0.05, 0.1) is 11.6 Å². The highest BCUT2D eigenvalue weighted by Gasteiger charge is 2.19. The highest BCUT2D eigenvalue weighted by atomic mass is 32.2. The Morgan fingerprint density at radius 1 is 1.44 bits per heavy atom. The van der Waals surface area contributed by atoms with Crippen LogP contribution in [-0.2, 0) is 12.3 Å². The van der Waals surface area contributed by atoms with E-state index in [0.717, 1.165) is 11.3 Å². The van der Waals surface area contributed by atoms with Crippen LogP contribution in [0.15, 0.2) is 40.4 Å². The average molecular weight is 372 g/mol. The summed E-state index contributed by atoms with van der Waals surface area (Å²) < 4.78 is 1.55. The summed E-state index contributed by atoms with van der Waals surface area (Å²) in [4.78, 5) is 28.6. The standard InChI is InChI=1S/C17H16N4O2S2/c18-9-12-3-1-2-4-13(12)11-24-7-5-19-15(22)14-10-20-17-21(16(14)23)6-8-25-17/h1-4,10H,5-8,11H2,(H,19,22). The minimum Gasteiger partial charge on any atom is -0.351 e. The van der Waals surface area contributed by atoms with Crippen LogP contribution in [0.2, 0.25) is 0 Å². The van der Waals surface area contributed by atoms with Crippen molar-refractivity contribution in [3.8, 4) is 6.07 Å². The number of nitrogens with one attached hydrogen (secondary N) is 1. The summed E-state index contributed by atoms with van der Waals surface area (Å²) in [5.41, 5.74) is 1.48. The fourth-order valence-electron chi connectivity index (χ4n) is 2.44. The molecular formula is C17H16N4O2S2. The number of benzene rings is 1. The van der Waals surface area contributed by atoms with Crippen molar-refractivity contribution in [3.63, 3.8) is 0 Å². The smallest absolute Gasteiger partial charge is 0.267 e. The summed E-state index contributed by atoms with van der Waals surface area (Å²) >= 11 is 3.15. The van der Waals surface area contributed by atoms with E-state index < -0.39 is 0 Å². The van der Waals surface area contributed by atoms with Crippen LogP contribution in [0.4, 0.5) is 0 Å². The van der Waals surface area contributed by atoms with E-state index in [1.165, 1.54) is 18.0 Å². The van der Waals surface area contributed by atoms with E-state index in [0.29, 0.717) is 35.3 Å². The molecule has 0 fully saturated rings. The van der Waals surface area contributed by atoms with Crippen LogP contribution in [0.25, 0.3) is 0 Å².